The first kappa shape index (κ1) is 27.8. The molecule has 0 heterocycles. The second kappa shape index (κ2) is 17.9. The van der Waals surface area contributed by atoms with E-state index in [1.54, 1.807) is 6.92 Å². The van der Waals surface area contributed by atoms with Crippen LogP contribution in [0.2, 0.25) is 0 Å². The van der Waals surface area contributed by atoms with Crippen molar-refractivity contribution in [1.82, 2.24) is 0 Å². The summed E-state index contributed by atoms with van der Waals surface area (Å²) in [4.78, 5) is 10.9. The zero-order valence-corrected chi connectivity index (χ0v) is 21.4. The molecule has 0 N–H and O–H groups in total. The number of hydrogen-bond donors (Lipinski definition) is 0. The predicted octanol–water partition coefficient (Wildman–Crippen LogP) is 9.70. The van der Waals surface area contributed by atoms with E-state index in [-0.39, 0.29) is 0 Å². The first-order chi connectivity index (χ1) is 16.7. The minimum Gasteiger partial charge on any atom is -0.494 e. The Balaban J connectivity index is 1.56. The molecule has 0 saturated carbocycles. The molecule has 2 aromatic rings. The van der Waals surface area contributed by atoms with Crippen molar-refractivity contribution in [1.29, 1.82) is 0 Å². The van der Waals surface area contributed by atoms with E-state index in [1.807, 2.05) is 36.4 Å². The molecule has 0 fully saturated rings. The fourth-order valence-corrected chi connectivity index (χ4v) is 3.94. The lowest BCUT2D eigenvalue weighted by molar-refractivity contribution is -0.117. The van der Waals surface area contributed by atoms with Gasteiger partial charge >= 0.3 is 0 Å². The third-order valence-corrected chi connectivity index (χ3v) is 6.06. The molecule has 0 amide bonds. The SMILES string of the molecule is CCCCCCc1ccc(/N=N/c2ccc(OCCCCCCCCCCC(C)=O)cc2)cc1. The highest BCUT2D eigenvalue weighted by atomic mass is 16.5. The Morgan fingerprint density at radius 1 is 0.676 bits per heavy atom. The first-order valence-electron chi connectivity index (χ1n) is 13.4. The number of unbranched alkanes of at least 4 members (excludes halogenated alkanes) is 10. The second-order valence-electron chi connectivity index (χ2n) is 9.30. The van der Waals surface area contributed by atoms with Crippen molar-refractivity contribution in [2.24, 2.45) is 10.2 Å². The fourth-order valence-electron chi connectivity index (χ4n) is 3.94. The summed E-state index contributed by atoms with van der Waals surface area (Å²) in [5, 5.41) is 8.71. The smallest absolute Gasteiger partial charge is 0.129 e. The van der Waals surface area contributed by atoms with Crippen LogP contribution in [-0.2, 0) is 11.2 Å². The van der Waals surface area contributed by atoms with Gasteiger partial charge in [0.05, 0.1) is 18.0 Å². The lowest BCUT2D eigenvalue weighted by atomic mass is 10.1. The standard InChI is InChI=1S/C30H44N2O2/c1-3-4-5-13-16-27-17-19-28(20-18-27)31-32-29-21-23-30(24-22-29)34-25-14-11-9-7-6-8-10-12-15-26(2)33/h17-24H,3-16,25H2,1-2H3/b32-31+. The number of Topliss-reactive ketones (excluding diaryl/α,β-unsaturated/α-hetero) is 1. The molecule has 0 bridgehead atoms. The van der Waals surface area contributed by atoms with Crippen molar-refractivity contribution in [3.8, 4) is 5.75 Å². The number of ketones is 1. The highest BCUT2D eigenvalue weighted by Crippen LogP contribution is 2.22. The van der Waals surface area contributed by atoms with E-state index in [9.17, 15) is 4.79 Å². The van der Waals surface area contributed by atoms with Crippen LogP contribution in [0.5, 0.6) is 5.75 Å². The second-order valence-corrected chi connectivity index (χ2v) is 9.30. The molecule has 0 unspecified atom stereocenters. The molecule has 0 aliphatic heterocycles. The summed E-state index contributed by atoms with van der Waals surface area (Å²) in [5.74, 6) is 1.20. The van der Waals surface area contributed by atoms with Crippen LogP contribution in [0.4, 0.5) is 11.4 Å². The van der Waals surface area contributed by atoms with Gasteiger partial charge in [0.15, 0.2) is 0 Å². The number of rotatable bonds is 19. The van der Waals surface area contributed by atoms with Gasteiger partial charge in [-0.1, -0.05) is 76.8 Å². The number of carbonyl (C=O) groups excluding carboxylic acids is 1. The van der Waals surface area contributed by atoms with Crippen molar-refractivity contribution < 1.29 is 9.53 Å². The van der Waals surface area contributed by atoms with Crippen LogP contribution in [0.1, 0.15) is 103 Å². The number of azo groups is 1. The summed E-state index contributed by atoms with van der Waals surface area (Å²) < 4.78 is 5.86. The Kier molecular flexibility index (Phi) is 14.6. The van der Waals surface area contributed by atoms with Crippen molar-refractivity contribution in [2.45, 2.75) is 104 Å². The minimum atomic E-state index is 0.313. The number of carbonyl (C=O) groups is 1. The van der Waals surface area contributed by atoms with Gasteiger partial charge in [-0.3, -0.25) is 0 Å². The van der Waals surface area contributed by atoms with Crippen LogP contribution in [0.25, 0.3) is 0 Å². The van der Waals surface area contributed by atoms with Crippen molar-refractivity contribution in [3.63, 3.8) is 0 Å². The van der Waals surface area contributed by atoms with Gasteiger partial charge in [-0.05, 0) is 74.6 Å². The molecule has 4 nitrogen and oxygen atoms in total. The van der Waals surface area contributed by atoms with E-state index in [1.165, 1.54) is 69.8 Å². The number of benzene rings is 2. The van der Waals surface area contributed by atoms with Gasteiger partial charge in [-0.2, -0.15) is 10.2 Å². The van der Waals surface area contributed by atoms with Crippen LogP contribution in [0.15, 0.2) is 58.8 Å². The summed E-state index contributed by atoms with van der Waals surface area (Å²) in [6.45, 7) is 4.68. The van der Waals surface area contributed by atoms with Crippen LogP contribution in [0.3, 0.4) is 0 Å². The predicted molar refractivity (Wildman–Crippen MR) is 143 cm³/mol. The molecule has 0 aromatic heterocycles. The maximum absolute atomic E-state index is 10.9. The molecule has 0 saturated heterocycles. The summed E-state index contributed by atoms with van der Waals surface area (Å²) in [6.07, 6.45) is 16.6. The topological polar surface area (TPSA) is 51.0 Å². The Labute approximate surface area is 207 Å². The molecular formula is C30H44N2O2. The summed E-state index contributed by atoms with van der Waals surface area (Å²) in [6, 6.07) is 16.3. The normalized spacial score (nSPS) is 11.2. The molecule has 0 spiro atoms. The van der Waals surface area contributed by atoms with E-state index >= 15 is 0 Å². The van der Waals surface area contributed by atoms with Crippen LogP contribution >= 0.6 is 0 Å². The fraction of sp³-hybridized carbons (Fsp3) is 0.567. The van der Waals surface area contributed by atoms with E-state index in [0.29, 0.717) is 5.78 Å². The largest absolute Gasteiger partial charge is 0.494 e. The lowest BCUT2D eigenvalue weighted by Crippen LogP contribution is -1.97. The van der Waals surface area contributed by atoms with Gasteiger partial charge in [-0.25, -0.2) is 0 Å². The van der Waals surface area contributed by atoms with Crippen LogP contribution < -0.4 is 4.74 Å². The Morgan fingerprint density at radius 3 is 1.79 bits per heavy atom. The zero-order chi connectivity index (χ0) is 24.3. The van der Waals surface area contributed by atoms with E-state index in [0.717, 1.165) is 49.4 Å². The molecule has 186 valence electrons. The minimum absolute atomic E-state index is 0.313. The van der Waals surface area contributed by atoms with Crippen molar-refractivity contribution in [2.75, 3.05) is 6.61 Å². The maximum atomic E-state index is 10.9. The monoisotopic (exact) mass is 464 g/mol. The first-order valence-corrected chi connectivity index (χ1v) is 13.4. The third kappa shape index (κ3) is 13.3. The molecular weight excluding hydrogens is 420 g/mol. The highest BCUT2D eigenvalue weighted by Gasteiger charge is 1.98. The third-order valence-electron chi connectivity index (χ3n) is 6.06. The lowest BCUT2D eigenvalue weighted by Gasteiger charge is -2.06. The Hall–Kier alpha value is -2.49. The van der Waals surface area contributed by atoms with Gasteiger partial charge in [0.25, 0.3) is 0 Å². The van der Waals surface area contributed by atoms with E-state index in [4.69, 9.17) is 4.74 Å². The molecule has 0 aliphatic carbocycles. The summed E-state index contributed by atoms with van der Waals surface area (Å²) in [5.41, 5.74) is 3.09. The quantitative estimate of drug-likeness (QED) is 0.153. The van der Waals surface area contributed by atoms with Gasteiger partial charge in [0.2, 0.25) is 0 Å². The van der Waals surface area contributed by atoms with Crippen molar-refractivity contribution >= 4 is 17.2 Å². The average molecular weight is 465 g/mol. The molecule has 2 rings (SSSR count). The Morgan fingerprint density at radius 2 is 1.21 bits per heavy atom. The van der Waals surface area contributed by atoms with Crippen LogP contribution in [-0.4, -0.2) is 12.4 Å². The average Bonchev–Trinajstić information content (AvgIpc) is 2.85. The molecule has 4 heteroatoms. The van der Waals surface area contributed by atoms with Gasteiger partial charge in [0.1, 0.15) is 11.5 Å². The van der Waals surface area contributed by atoms with Crippen molar-refractivity contribution in [3.05, 3.63) is 54.1 Å². The molecule has 34 heavy (non-hydrogen) atoms. The molecule has 2 aromatic carbocycles. The zero-order valence-electron chi connectivity index (χ0n) is 21.4. The van der Waals surface area contributed by atoms with E-state index < -0.39 is 0 Å². The number of aryl methyl sites for hydroxylation is 1. The maximum Gasteiger partial charge on any atom is 0.129 e. The molecule has 0 atom stereocenters. The van der Waals surface area contributed by atoms with Gasteiger partial charge in [0, 0.05) is 6.42 Å². The van der Waals surface area contributed by atoms with Gasteiger partial charge < -0.3 is 9.53 Å². The molecule has 0 aliphatic rings. The molecule has 0 radical (unpaired) electrons. The number of hydrogen-bond acceptors (Lipinski definition) is 4. The van der Waals surface area contributed by atoms with Gasteiger partial charge in [-0.15, -0.1) is 0 Å². The number of ether oxygens (including phenoxy) is 1. The van der Waals surface area contributed by atoms with E-state index in [2.05, 4.69) is 29.3 Å². The Bertz CT molecular complexity index is 813. The van der Waals surface area contributed by atoms with Crippen LogP contribution in [0, 0.1) is 0 Å². The summed E-state index contributed by atoms with van der Waals surface area (Å²) in [7, 11) is 0. The summed E-state index contributed by atoms with van der Waals surface area (Å²) >= 11 is 0. The number of nitrogens with zero attached hydrogens (tertiary/aromatic N) is 2. The highest BCUT2D eigenvalue weighted by molar-refractivity contribution is 5.75.